The van der Waals surface area contributed by atoms with Gasteiger partial charge in [0.05, 0.1) is 0 Å². The van der Waals surface area contributed by atoms with Crippen molar-refractivity contribution in [3.63, 3.8) is 0 Å². The van der Waals surface area contributed by atoms with E-state index in [-0.39, 0.29) is 31.1 Å². The molecule has 0 spiro atoms. The van der Waals surface area contributed by atoms with E-state index in [0.29, 0.717) is 19.3 Å². The van der Waals surface area contributed by atoms with Crippen LogP contribution in [0.25, 0.3) is 0 Å². The van der Waals surface area contributed by atoms with Gasteiger partial charge in [0, 0.05) is 19.3 Å². The van der Waals surface area contributed by atoms with E-state index in [4.69, 9.17) is 14.2 Å². The molecule has 0 aromatic heterocycles. The number of carbonyl (C=O) groups is 3. The third kappa shape index (κ3) is 46.2. The first-order chi connectivity index (χ1) is 29.7. The lowest BCUT2D eigenvalue weighted by Gasteiger charge is -2.18. The molecule has 0 amide bonds. The minimum absolute atomic E-state index is 0.0655. The van der Waals surface area contributed by atoms with Gasteiger partial charge in [-0.15, -0.1) is 0 Å². The smallest absolute Gasteiger partial charge is 0.306 e. The molecule has 0 heterocycles. The van der Waals surface area contributed by atoms with Crippen LogP contribution >= 0.6 is 0 Å². The van der Waals surface area contributed by atoms with Crippen molar-refractivity contribution in [1.82, 2.24) is 0 Å². The Hall–Kier alpha value is -1.59. The summed E-state index contributed by atoms with van der Waals surface area (Å²) in [4.78, 5) is 37.9. The van der Waals surface area contributed by atoms with Crippen molar-refractivity contribution in [2.75, 3.05) is 13.2 Å². The van der Waals surface area contributed by atoms with Crippen LogP contribution in [0.4, 0.5) is 0 Å². The highest BCUT2D eigenvalue weighted by Crippen LogP contribution is 2.19. The van der Waals surface area contributed by atoms with Gasteiger partial charge in [-0.05, 0) is 37.0 Å². The summed E-state index contributed by atoms with van der Waals surface area (Å²) in [5, 5.41) is 0. The minimum atomic E-state index is -0.763. The fourth-order valence-electron chi connectivity index (χ4n) is 8.23. The summed E-state index contributed by atoms with van der Waals surface area (Å²) < 4.78 is 16.8. The Kier molecular flexibility index (Phi) is 45.2. The van der Waals surface area contributed by atoms with Crippen molar-refractivity contribution in [3.8, 4) is 0 Å². The van der Waals surface area contributed by atoms with Crippen LogP contribution in [0.1, 0.15) is 298 Å². The van der Waals surface area contributed by atoms with E-state index in [2.05, 4.69) is 41.5 Å². The first kappa shape index (κ1) is 59.4. The molecule has 3 atom stereocenters. The number of rotatable bonds is 48. The van der Waals surface area contributed by atoms with Gasteiger partial charge >= 0.3 is 17.9 Å². The van der Waals surface area contributed by atoms with E-state index in [1.165, 1.54) is 180 Å². The number of hydrogen-bond donors (Lipinski definition) is 0. The van der Waals surface area contributed by atoms with Crippen LogP contribution in [0.15, 0.2) is 0 Å². The third-order valence-corrected chi connectivity index (χ3v) is 13.1. The Bertz CT molecular complexity index is 949. The highest BCUT2D eigenvalue weighted by molar-refractivity contribution is 5.71. The molecular weight excluding hydrogens is 757 g/mol. The van der Waals surface area contributed by atoms with Crippen molar-refractivity contribution in [3.05, 3.63) is 0 Å². The van der Waals surface area contributed by atoms with Gasteiger partial charge < -0.3 is 14.2 Å². The Balaban J connectivity index is 4.23. The van der Waals surface area contributed by atoms with Crippen LogP contribution in [0.3, 0.4) is 0 Å². The molecule has 0 rings (SSSR count). The van der Waals surface area contributed by atoms with Gasteiger partial charge in [0.25, 0.3) is 0 Å². The molecule has 0 fully saturated rings. The number of ether oxygens (including phenoxy) is 3. The zero-order valence-corrected chi connectivity index (χ0v) is 42.0. The molecule has 0 N–H and O–H groups in total. The fourth-order valence-corrected chi connectivity index (χ4v) is 8.23. The monoisotopic (exact) mass is 863 g/mol. The van der Waals surface area contributed by atoms with Crippen LogP contribution in [0.2, 0.25) is 0 Å². The van der Waals surface area contributed by atoms with Gasteiger partial charge in [-0.3, -0.25) is 14.4 Å². The van der Waals surface area contributed by atoms with Crippen LogP contribution in [-0.4, -0.2) is 37.2 Å². The van der Waals surface area contributed by atoms with Crippen LogP contribution < -0.4 is 0 Å². The van der Waals surface area contributed by atoms with Crippen molar-refractivity contribution >= 4 is 17.9 Å². The molecule has 6 nitrogen and oxygen atoms in total. The molecule has 61 heavy (non-hydrogen) atoms. The Labute approximate surface area is 380 Å². The van der Waals surface area contributed by atoms with E-state index in [1.807, 2.05) is 0 Å². The Morgan fingerprint density at radius 2 is 0.574 bits per heavy atom. The summed E-state index contributed by atoms with van der Waals surface area (Å²) in [6.07, 6.45) is 46.7. The lowest BCUT2D eigenvalue weighted by Crippen LogP contribution is -2.30. The predicted molar refractivity (Wildman–Crippen MR) is 261 cm³/mol. The second kappa shape index (κ2) is 46.4. The summed E-state index contributed by atoms with van der Waals surface area (Å²) in [7, 11) is 0. The Morgan fingerprint density at radius 3 is 0.852 bits per heavy atom. The van der Waals surface area contributed by atoms with Crippen LogP contribution in [-0.2, 0) is 28.6 Å². The number of hydrogen-bond acceptors (Lipinski definition) is 6. The molecule has 0 radical (unpaired) electrons. The minimum Gasteiger partial charge on any atom is -0.462 e. The van der Waals surface area contributed by atoms with Crippen LogP contribution in [0.5, 0.6) is 0 Å². The van der Waals surface area contributed by atoms with Gasteiger partial charge in [0.15, 0.2) is 6.10 Å². The normalized spacial score (nSPS) is 13.0. The van der Waals surface area contributed by atoms with Gasteiger partial charge in [0.1, 0.15) is 13.2 Å². The SMILES string of the molecule is CCC(C)CCCCCCCCCCC(=O)OC[C@@H](COC(=O)CCCCCCCCC(C)CC)OC(=O)CCCCCCCCCCCCCCCCCCCCC(C)C. The van der Waals surface area contributed by atoms with E-state index in [9.17, 15) is 14.4 Å². The summed E-state index contributed by atoms with van der Waals surface area (Å²) in [5.41, 5.74) is 0. The van der Waals surface area contributed by atoms with E-state index in [1.54, 1.807) is 0 Å². The zero-order valence-electron chi connectivity index (χ0n) is 42.0. The average molecular weight is 863 g/mol. The zero-order chi connectivity index (χ0) is 44.9. The topological polar surface area (TPSA) is 78.9 Å². The highest BCUT2D eigenvalue weighted by Gasteiger charge is 2.19. The van der Waals surface area contributed by atoms with Crippen molar-refractivity contribution in [2.24, 2.45) is 17.8 Å². The third-order valence-electron chi connectivity index (χ3n) is 13.1. The number of esters is 3. The molecule has 6 heteroatoms. The van der Waals surface area contributed by atoms with E-state index >= 15 is 0 Å². The summed E-state index contributed by atoms with van der Waals surface area (Å²) >= 11 is 0. The summed E-state index contributed by atoms with van der Waals surface area (Å²) in [6, 6.07) is 0. The van der Waals surface area contributed by atoms with E-state index in [0.717, 1.165) is 75.5 Å². The Morgan fingerprint density at radius 1 is 0.328 bits per heavy atom. The maximum Gasteiger partial charge on any atom is 0.306 e. The average Bonchev–Trinajstić information content (AvgIpc) is 3.24. The molecule has 2 unspecified atom stereocenters. The van der Waals surface area contributed by atoms with E-state index < -0.39 is 6.10 Å². The first-order valence-corrected chi connectivity index (χ1v) is 27.2. The summed E-state index contributed by atoms with van der Waals surface area (Å²) in [5.74, 6) is 1.67. The lowest BCUT2D eigenvalue weighted by atomic mass is 9.99. The number of unbranched alkanes of at least 4 members (excludes halogenated alkanes) is 29. The fraction of sp³-hybridized carbons (Fsp3) is 0.945. The summed E-state index contributed by atoms with van der Waals surface area (Å²) in [6.45, 7) is 13.7. The maximum absolute atomic E-state index is 12.8. The van der Waals surface area contributed by atoms with Crippen LogP contribution in [0, 0.1) is 17.8 Å². The van der Waals surface area contributed by atoms with Gasteiger partial charge in [-0.1, -0.05) is 260 Å². The number of carbonyl (C=O) groups excluding carboxylic acids is 3. The molecule has 0 aliphatic rings. The van der Waals surface area contributed by atoms with Gasteiger partial charge in [-0.2, -0.15) is 0 Å². The second-order valence-corrected chi connectivity index (χ2v) is 19.8. The molecule has 0 aliphatic carbocycles. The predicted octanol–water partition coefficient (Wildman–Crippen LogP) is 17.6. The largest absolute Gasteiger partial charge is 0.462 e. The molecule has 0 aromatic rings. The molecule has 0 saturated heterocycles. The highest BCUT2D eigenvalue weighted by atomic mass is 16.6. The molecule has 0 aliphatic heterocycles. The lowest BCUT2D eigenvalue weighted by molar-refractivity contribution is -0.167. The van der Waals surface area contributed by atoms with Crippen molar-refractivity contribution in [1.29, 1.82) is 0 Å². The van der Waals surface area contributed by atoms with Gasteiger partial charge in [0.2, 0.25) is 0 Å². The first-order valence-electron chi connectivity index (χ1n) is 27.2. The standard InChI is InChI=1S/C55H106O6/c1-7-50(5)42-36-30-24-21-22-25-32-38-44-53(56)59-47-52(48-60-54(57)45-39-33-28-27-31-37-43-51(6)8-2)61-55(58)46-40-34-26-20-18-16-14-12-10-9-11-13-15-17-19-23-29-35-41-49(3)4/h49-52H,7-48H2,1-6H3/t50?,51?,52-/m0/s1. The molecule has 0 bridgehead atoms. The van der Waals surface area contributed by atoms with Gasteiger partial charge in [-0.25, -0.2) is 0 Å². The van der Waals surface area contributed by atoms with Crippen molar-refractivity contribution in [2.45, 2.75) is 304 Å². The molecule has 362 valence electrons. The molecular formula is C55H106O6. The quantitative estimate of drug-likeness (QED) is 0.0344. The maximum atomic E-state index is 12.8. The van der Waals surface area contributed by atoms with Crippen molar-refractivity contribution < 1.29 is 28.6 Å². The molecule has 0 aromatic carbocycles. The second-order valence-electron chi connectivity index (χ2n) is 19.8. The molecule has 0 saturated carbocycles.